The molecule has 19 heavy (non-hydrogen) atoms. The van der Waals surface area contributed by atoms with Gasteiger partial charge < -0.3 is 5.11 Å². The van der Waals surface area contributed by atoms with Gasteiger partial charge in [0.25, 0.3) is 0 Å². The fourth-order valence-electron chi connectivity index (χ4n) is 5.21. The van der Waals surface area contributed by atoms with E-state index in [1.54, 1.807) is 5.57 Å². The normalized spacial score (nSPS) is 41.8. The van der Waals surface area contributed by atoms with Crippen LogP contribution in [0.4, 0.5) is 0 Å². The monoisotopic (exact) mass is 262 g/mol. The molecule has 0 spiro atoms. The first-order valence-corrected chi connectivity index (χ1v) is 7.77. The Bertz CT molecular complexity index is 446. The first kappa shape index (κ1) is 13.4. The molecule has 3 rings (SSSR count). The third-order valence-corrected chi connectivity index (χ3v) is 6.38. The van der Waals surface area contributed by atoms with Crippen LogP contribution in [-0.4, -0.2) is 17.0 Å². The standard InChI is InChI=1S/C17H26O2/c1-16(2)14-7-4-11-10-12(18)5-6-13(11)17(14,3)9-8-15(16)19/h14-15,19H,4-10H2,1-3H3/t14-,15-,17+/m0/s1. The predicted molar refractivity (Wildman–Crippen MR) is 75.7 cm³/mol. The van der Waals surface area contributed by atoms with Crippen molar-refractivity contribution in [1.29, 1.82) is 0 Å². The molecule has 0 saturated heterocycles. The van der Waals surface area contributed by atoms with E-state index in [0.29, 0.717) is 18.1 Å². The summed E-state index contributed by atoms with van der Waals surface area (Å²) in [5, 5.41) is 10.4. The molecule has 3 atom stereocenters. The lowest BCUT2D eigenvalue weighted by Gasteiger charge is -2.57. The van der Waals surface area contributed by atoms with Gasteiger partial charge in [0.1, 0.15) is 5.78 Å². The van der Waals surface area contributed by atoms with Gasteiger partial charge in [0, 0.05) is 12.8 Å². The first-order valence-electron chi connectivity index (χ1n) is 7.77. The van der Waals surface area contributed by atoms with Crippen LogP contribution in [0.3, 0.4) is 0 Å². The molecular weight excluding hydrogens is 236 g/mol. The maximum atomic E-state index is 11.7. The Balaban J connectivity index is 2.02. The van der Waals surface area contributed by atoms with Crippen molar-refractivity contribution in [2.75, 3.05) is 0 Å². The zero-order chi connectivity index (χ0) is 13.8. The zero-order valence-corrected chi connectivity index (χ0v) is 12.5. The van der Waals surface area contributed by atoms with Crippen molar-refractivity contribution in [1.82, 2.24) is 0 Å². The summed E-state index contributed by atoms with van der Waals surface area (Å²) in [6.45, 7) is 6.87. The smallest absolute Gasteiger partial charge is 0.137 e. The van der Waals surface area contributed by atoms with Crippen LogP contribution in [0.15, 0.2) is 11.1 Å². The molecule has 0 amide bonds. The molecule has 0 aromatic rings. The maximum Gasteiger partial charge on any atom is 0.137 e. The SMILES string of the molecule is CC1(C)[C@@H](O)CC[C@]2(C)C3=C(CC[C@@H]12)CC(=O)CC3. The molecule has 2 nitrogen and oxygen atoms in total. The molecule has 3 aliphatic carbocycles. The highest BCUT2D eigenvalue weighted by atomic mass is 16.3. The van der Waals surface area contributed by atoms with Gasteiger partial charge >= 0.3 is 0 Å². The van der Waals surface area contributed by atoms with Gasteiger partial charge in [0.2, 0.25) is 0 Å². The highest BCUT2D eigenvalue weighted by Gasteiger charge is 2.54. The molecule has 3 aliphatic rings. The second-order valence-electron chi connectivity index (χ2n) is 7.68. The Morgan fingerprint density at radius 3 is 2.58 bits per heavy atom. The maximum absolute atomic E-state index is 11.7. The predicted octanol–water partition coefficient (Wildman–Crippen LogP) is 3.63. The van der Waals surface area contributed by atoms with Crippen molar-refractivity contribution in [3.05, 3.63) is 11.1 Å². The molecule has 0 heterocycles. The van der Waals surface area contributed by atoms with Gasteiger partial charge in [0.15, 0.2) is 0 Å². The summed E-state index contributed by atoms with van der Waals surface area (Å²) in [4.78, 5) is 11.7. The Hall–Kier alpha value is -0.630. The molecule has 1 fully saturated rings. The number of allylic oxidation sites excluding steroid dienone is 2. The summed E-state index contributed by atoms with van der Waals surface area (Å²) in [5.41, 5.74) is 3.27. The van der Waals surface area contributed by atoms with Gasteiger partial charge in [-0.05, 0) is 48.9 Å². The lowest BCUT2D eigenvalue weighted by atomic mass is 9.48. The van der Waals surface area contributed by atoms with Gasteiger partial charge in [-0.1, -0.05) is 31.9 Å². The van der Waals surface area contributed by atoms with E-state index in [1.807, 2.05) is 0 Å². The lowest BCUT2D eigenvalue weighted by molar-refractivity contribution is -0.120. The molecule has 1 saturated carbocycles. The van der Waals surface area contributed by atoms with Gasteiger partial charge in [-0.3, -0.25) is 4.79 Å². The van der Waals surface area contributed by atoms with E-state index in [9.17, 15) is 9.90 Å². The molecule has 0 aliphatic heterocycles. The van der Waals surface area contributed by atoms with Crippen LogP contribution in [0.1, 0.15) is 65.7 Å². The minimum atomic E-state index is -0.169. The van der Waals surface area contributed by atoms with Crippen molar-refractivity contribution in [2.24, 2.45) is 16.7 Å². The van der Waals surface area contributed by atoms with E-state index in [1.165, 1.54) is 5.57 Å². The number of hydrogen-bond acceptors (Lipinski definition) is 2. The van der Waals surface area contributed by atoms with Crippen LogP contribution in [0.5, 0.6) is 0 Å². The van der Waals surface area contributed by atoms with E-state index in [2.05, 4.69) is 20.8 Å². The number of hydrogen-bond donors (Lipinski definition) is 1. The Kier molecular flexibility index (Phi) is 2.94. The zero-order valence-electron chi connectivity index (χ0n) is 12.5. The van der Waals surface area contributed by atoms with Crippen LogP contribution < -0.4 is 0 Å². The Morgan fingerprint density at radius 2 is 1.84 bits per heavy atom. The highest BCUT2D eigenvalue weighted by Crippen LogP contribution is 2.61. The number of aliphatic hydroxyl groups excluding tert-OH is 1. The quantitative estimate of drug-likeness (QED) is 0.677. The Morgan fingerprint density at radius 1 is 1.11 bits per heavy atom. The van der Waals surface area contributed by atoms with E-state index >= 15 is 0 Å². The van der Waals surface area contributed by atoms with Crippen LogP contribution in [0.25, 0.3) is 0 Å². The van der Waals surface area contributed by atoms with E-state index in [4.69, 9.17) is 0 Å². The molecule has 2 heteroatoms. The van der Waals surface area contributed by atoms with Crippen molar-refractivity contribution >= 4 is 5.78 Å². The van der Waals surface area contributed by atoms with Crippen molar-refractivity contribution in [3.8, 4) is 0 Å². The van der Waals surface area contributed by atoms with Gasteiger partial charge in [0.05, 0.1) is 6.10 Å². The van der Waals surface area contributed by atoms with Gasteiger partial charge in [-0.25, -0.2) is 0 Å². The number of carbonyl (C=O) groups is 1. The summed E-state index contributed by atoms with van der Waals surface area (Å²) < 4.78 is 0. The summed E-state index contributed by atoms with van der Waals surface area (Å²) >= 11 is 0. The fourth-order valence-corrected chi connectivity index (χ4v) is 5.21. The number of Topliss-reactive ketones (excluding diaryl/α,β-unsaturated/α-hetero) is 1. The average molecular weight is 262 g/mol. The summed E-state index contributed by atoms with van der Waals surface area (Å²) in [6.07, 6.45) is 6.49. The van der Waals surface area contributed by atoms with Crippen molar-refractivity contribution < 1.29 is 9.90 Å². The van der Waals surface area contributed by atoms with Gasteiger partial charge in [-0.2, -0.15) is 0 Å². The first-order chi connectivity index (χ1) is 8.85. The lowest BCUT2D eigenvalue weighted by Crippen LogP contribution is -2.52. The Labute approximate surface area is 116 Å². The molecule has 0 bridgehead atoms. The fraction of sp³-hybridized carbons (Fsp3) is 0.824. The second-order valence-corrected chi connectivity index (χ2v) is 7.68. The second kappa shape index (κ2) is 4.18. The molecular formula is C17H26O2. The summed E-state index contributed by atoms with van der Waals surface area (Å²) in [5.74, 6) is 0.992. The van der Waals surface area contributed by atoms with Crippen LogP contribution in [-0.2, 0) is 4.79 Å². The van der Waals surface area contributed by atoms with E-state index in [0.717, 1.165) is 38.5 Å². The molecule has 0 aromatic heterocycles. The largest absolute Gasteiger partial charge is 0.393 e. The van der Waals surface area contributed by atoms with Gasteiger partial charge in [-0.15, -0.1) is 0 Å². The summed E-state index contributed by atoms with van der Waals surface area (Å²) in [6, 6.07) is 0. The molecule has 0 radical (unpaired) electrons. The molecule has 0 aromatic carbocycles. The number of fused-ring (bicyclic) bond motifs is 2. The number of carbonyl (C=O) groups excluding carboxylic acids is 1. The number of rotatable bonds is 0. The van der Waals surface area contributed by atoms with Crippen molar-refractivity contribution in [2.45, 2.75) is 71.8 Å². The van der Waals surface area contributed by atoms with Crippen molar-refractivity contribution in [3.63, 3.8) is 0 Å². The summed E-state index contributed by atoms with van der Waals surface area (Å²) in [7, 11) is 0. The van der Waals surface area contributed by atoms with E-state index < -0.39 is 0 Å². The van der Waals surface area contributed by atoms with Crippen LogP contribution in [0.2, 0.25) is 0 Å². The number of ketones is 1. The van der Waals surface area contributed by atoms with Crippen LogP contribution >= 0.6 is 0 Å². The molecule has 0 unspecified atom stereocenters. The topological polar surface area (TPSA) is 37.3 Å². The number of aliphatic hydroxyl groups is 1. The minimum absolute atomic E-state index is 0.00693. The molecule has 106 valence electrons. The molecule has 1 N–H and O–H groups in total. The minimum Gasteiger partial charge on any atom is -0.393 e. The third-order valence-electron chi connectivity index (χ3n) is 6.38. The highest BCUT2D eigenvalue weighted by molar-refractivity contribution is 5.83. The van der Waals surface area contributed by atoms with E-state index in [-0.39, 0.29) is 16.9 Å². The third kappa shape index (κ3) is 1.83. The average Bonchev–Trinajstić information content (AvgIpc) is 2.34. The van der Waals surface area contributed by atoms with Crippen LogP contribution in [0, 0.1) is 16.7 Å².